The average Bonchev–Trinajstić information content (AvgIpc) is 3.06. The quantitative estimate of drug-likeness (QED) is 0.610. The summed E-state index contributed by atoms with van der Waals surface area (Å²) < 4.78 is 8.05. The summed E-state index contributed by atoms with van der Waals surface area (Å²) in [6, 6.07) is 9.42. The number of anilines is 1. The van der Waals surface area contributed by atoms with Gasteiger partial charge in [0.15, 0.2) is 0 Å². The number of hydrogen-bond donors (Lipinski definition) is 1. The highest BCUT2D eigenvalue weighted by molar-refractivity contribution is 5.96. The molecule has 0 unspecified atom stereocenters. The number of rotatable bonds is 8. The Morgan fingerprint density at radius 2 is 1.90 bits per heavy atom. The van der Waals surface area contributed by atoms with Crippen LogP contribution in [0.3, 0.4) is 0 Å². The second-order valence-corrected chi connectivity index (χ2v) is 8.19. The van der Waals surface area contributed by atoms with Gasteiger partial charge in [0.05, 0.1) is 23.2 Å². The molecule has 1 amide bonds. The van der Waals surface area contributed by atoms with Crippen LogP contribution in [0.15, 0.2) is 36.5 Å². The first-order valence-electron chi connectivity index (χ1n) is 10.4. The molecule has 0 atom stereocenters. The van der Waals surface area contributed by atoms with Gasteiger partial charge in [0, 0.05) is 37.0 Å². The zero-order valence-electron chi connectivity index (χ0n) is 18.5. The molecule has 0 saturated carbocycles. The Balaban J connectivity index is 2.02. The highest BCUT2D eigenvalue weighted by Gasteiger charge is 2.17. The van der Waals surface area contributed by atoms with E-state index in [-0.39, 0.29) is 5.60 Å². The van der Waals surface area contributed by atoms with Crippen molar-refractivity contribution in [2.24, 2.45) is 5.73 Å². The van der Waals surface area contributed by atoms with Crippen molar-refractivity contribution in [3.8, 4) is 11.4 Å². The molecule has 0 spiro atoms. The maximum Gasteiger partial charge on any atom is 0.248 e. The number of nitrogens with zero attached hydrogens (tertiary/aromatic N) is 4. The Morgan fingerprint density at radius 3 is 2.47 bits per heavy atom. The fraction of sp³-hybridized carbons (Fsp3) is 0.435. The lowest BCUT2D eigenvalue weighted by molar-refractivity contribution is -0.00636. The Labute approximate surface area is 177 Å². The fourth-order valence-corrected chi connectivity index (χ4v) is 3.43. The van der Waals surface area contributed by atoms with Crippen LogP contribution in [0.2, 0.25) is 0 Å². The minimum atomic E-state index is -0.464. The van der Waals surface area contributed by atoms with E-state index in [9.17, 15) is 4.79 Å². The van der Waals surface area contributed by atoms with Crippen LogP contribution in [0.4, 0.5) is 5.82 Å². The minimum absolute atomic E-state index is 0.220. The van der Waals surface area contributed by atoms with Gasteiger partial charge in [-0.3, -0.25) is 4.79 Å². The van der Waals surface area contributed by atoms with Crippen LogP contribution in [-0.4, -0.2) is 45.7 Å². The Morgan fingerprint density at radius 1 is 1.17 bits per heavy atom. The van der Waals surface area contributed by atoms with E-state index < -0.39 is 5.91 Å². The van der Waals surface area contributed by atoms with E-state index in [0.717, 1.165) is 41.3 Å². The third kappa shape index (κ3) is 4.79. The van der Waals surface area contributed by atoms with Crippen molar-refractivity contribution in [2.45, 2.75) is 46.8 Å². The number of aromatic nitrogens is 3. The van der Waals surface area contributed by atoms with E-state index >= 15 is 0 Å². The van der Waals surface area contributed by atoms with E-state index in [2.05, 4.69) is 28.3 Å². The fourth-order valence-electron chi connectivity index (χ4n) is 3.43. The monoisotopic (exact) mass is 409 g/mol. The van der Waals surface area contributed by atoms with E-state index in [4.69, 9.17) is 15.5 Å². The van der Waals surface area contributed by atoms with Crippen LogP contribution < -0.4 is 10.6 Å². The third-order valence-electron chi connectivity index (χ3n) is 4.98. The molecular formula is C23H31N5O2. The average molecular weight is 410 g/mol. The molecule has 0 saturated heterocycles. The molecule has 7 heteroatoms. The first-order valence-corrected chi connectivity index (χ1v) is 10.4. The molecule has 0 aliphatic carbocycles. The topological polar surface area (TPSA) is 86.3 Å². The van der Waals surface area contributed by atoms with Gasteiger partial charge in [0.1, 0.15) is 11.6 Å². The van der Waals surface area contributed by atoms with Gasteiger partial charge in [0.25, 0.3) is 0 Å². The van der Waals surface area contributed by atoms with Gasteiger partial charge in [-0.05, 0) is 65.0 Å². The molecule has 1 aromatic carbocycles. The molecule has 0 aliphatic heterocycles. The minimum Gasteiger partial charge on any atom is -0.374 e. The van der Waals surface area contributed by atoms with E-state index in [0.29, 0.717) is 18.7 Å². The van der Waals surface area contributed by atoms with Crippen LogP contribution in [0.1, 0.15) is 45.0 Å². The van der Waals surface area contributed by atoms with Crippen LogP contribution >= 0.6 is 0 Å². The number of ether oxygens (including phenoxy) is 1. The molecule has 30 heavy (non-hydrogen) atoms. The molecule has 2 aromatic heterocycles. The number of benzene rings is 1. The number of amides is 1. The number of carbonyl (C=O) groups excluding carboxylic acids is 1. The van der Waals surface area contributed by atoms with Crippen molar-refractivity contribution in [1.29, 1.82) is 0 Å². The second kappa shape index (κ2) is 8.83. The molecule has 3 aromatic rings. The summed E-state index contributed by atoms with van der Waals surface area (Å²) in [6.07, 6.45) is 1.85. The number of hydrogen-bond acceptors (Lipinski definition) is 5. The molecule has 7 nitrogen and oxygen atoms in total. The Hall–Kier alpha value is -2.93. The molecule has 0 radical (unpaired) electrons. The molecule has 0 bridgehead atoms. The summed E-state index contributed by atoms with van der Waals surface area (Å²) in [6.45, 7) is 13.3. The first-order chi connectivity index (χ1) is 14.2. The SMILES string of the molecule is CCN(CC)c1ccc(-c2nc3cc(C(N)=O)ccc3n2CCOC(C)(C)C)cn1. The highest BCUT2D eigenvalue weighted by Crippen LogP contribution is 2.26. The van der Waals surface area contributed by atoms with Crippen molar-refractivity contribution < 1.29 is 9.53 Å². The van der Waals surface area contributed by atoms with Crippen molar-refractivity contribution in [1.82, 2.24) is 14.5 Å². The summed E-state index contributed by atoms with van der Waals surface area (Å²) in [5.41, 5.74) is 8.25. The maximum absolute atomic E-state index is 11.6. The van der Waals surface area contributed by atoms with Crippen LogP contribution in [0.25, 0.3) is 22.4 Å². The van der Waals surface area contributed by atoms with Crippen molar-refractivity contribution in [3.63, 3.8) is 0 Å². The number of nitrogens with two attached hydrogens (primary N) is 1. The lowest BCUT2D eigenvalue weighted by atomic mass is 10.2. The zero-order valence-corrected chi connectivity index (χ0v) is 18.5. The first kappa shape index (κ1) is 21.8. The Bertz CT molecular complexity index is 1010. The van der Waals surface area contributed by atoms with Crippen molar-refractivity contribution in [3.05, 3.63) is 42.1 Å². The molecule has 160 valence electrons. The number of primary amides is 1. The molecule has 3 rings (SSSR count). The smallest absolute Gasteiger partial charge is 0.248 e. The van der Waals surface area contributed by atoms with Crippen LogP contribution in [-0.2, 0) is 11.3 Å². The maximum atomic E-state index is 11.6. The lowest BCUT2D eigenvalue weighted by Crippen LogP contribution is -2.23. The summed E-state index contributed by atoms with van der Waals surface area (Å²) >= 11 is 0. The van der Waals surface area contributed by atoms with Gasteiger partial charge >= 0.3 is 0 Å². The largest absolute Gasteiger partial charge is 0.374 e. The van der Waals surface area contributed by atoms with E-state index in [1.165, 1.54) is 0 Å². The van der Waals surface area contributed by atoms with Crippen LogP contribution in [0, 0.1) is 0 Å². The number of pyridine rings is 1. The number of imidazole rings is 1. The summed E-state index contributed by atoms with van der Waals surface area (Å²) in [7, 11) is 0. The van der Waals surface area contributed by atoms with Crippen LogP contribution in [0.5, 0.6) is 0 Å². The summed E-state index contributed by atoms with van der Waals surface area (Å²) in [5, 5.41) is 0. The van der Waals surface area contributed by atoms with Gasteiger partial charge in [-0.1, -0.05) is 0 Å². The van der Waals surface area contributed by atoms with Gasteiger partial charge in [0.2, 0.25) is 5.91 Å². The lowest BCUT2D eigenvalue weighted by Gasteiger charge is -2.21. The predicted octanol–water partition coefficient (Wildman–Crippen LogP) is 3.86. The van der Waals surface area contributed by atoms with Gasteiger partial charge in [-0.25, -0.2) is 9.97 Å². The number of fused-ring (bicyclic) bond motifs is 1. The van der Waals surface area contributed by atoms with Gasteiger partial charge in [-0.15, -0.1) is 0 Å². The zero-order chi connectivity index (χ0) is 21.9. The standard InChI is InChI=1S/C23H31N5O2/c1-6-27(7-2)20-11-9-17(15-25-20)22-26-18-14-16(21(24)29)8-10-19(18)28(22)12-13-30-23(3,4)5/h8-11,14-15H,6-7,12-13H2,1-5H3,(H2,24,29). The van der Waals surface area contributed by atoms with E-state index in [1.54, 1.807) is 12.1 Å². The van der Waals surface area contributed by atoms with Crippen molar-refractivity contribution >= 4 is 22.8 Å². The normalized spacial score (nSPS) is 11.8. The summed E-state index contributed by atoms with van der Waals surface area (Å²) in [5.74, 6) is 1.27. The number of carbonyl (C=O) groups is 1. The molecule has 2 heterocycles. The van der Waals surface area contributed by atoms with E-state index in [1.807, 2.05) is 45.2 Å². The molecule has 2 N–H and O–H groups in total. The molecular weight excluding hydrogens is 378 g/mol. The highest BCUT2D eigenvalue weighted by atomic mass is 16.5. The van der Waals surface area contributed by atoms with Crippen molar-refractivity contribution in [2.75, 3.05) is 24.6 Å². The summed E-state index contributed by atoms with van der Waals surface area (Å²) in [4.78, 5) is 23.2. The van der Waals surface area contributed by atoms with Gasteiger partial charge in [-0.2, -0.15) is 0 Å². The predicted molar refractivity (Wildman–Crippen MR) is 121 cm³/mol. The van der Waals surface area contributed by atoms with Gasteiger partial charge < -0.3 is 19.9 Å². The second-order valence-electron chi connectivity index (χ2n) is 8.19. The molecule has 0 aliphatic rings. The third-order valence-corrected chi connectivity index (χ3v) is 4.98. The molecule has 0 fully saturated rings. The Kier molecular flexibility index (Phi) is 6.41.